The molecular weight excluding hydrogens is 256 g/mol. The fraction of sp³-hybridized carbons (Fsp3) is 0.0667. The molecule has 5 N–H and O–H groups in total. The summed E-state index contributed by atoms with van der Waals surface area (Å²) in [6.07, 6.45) is 0.685. The van der Waals surface area contributed by atoms with Crippen molar-refractivity contribution in [2.24, 2.45) is 0 Å². The first-order valence-corrected chi connectivity index (χ1v) is 6.07. The molecule has 0 fully saturated rings. The number of nitrogens with two attached hydrogens (primary N) is 2. The van der Waals surface area contributed by atoms with E-state index in [0.717, 1.165) is 11.1 Å². The maximum atomic E-state index is 12.5. The summed E-state index contributed by atoms with van der Waals surface area (Å²) in [6, 6.07) is 7.52. The van der Waals surface area contributed by atoms with Crippen LogP contribution >= 0.6 is 0 Å². The van der Waals surface area contributed by atoms with E-state index in [1.807, 2.05) is 0 Å². The zero-order chi connectivity index (χ0) is 14.4. The molecule has 0 aliphatic heterocycles. The number of anilines is 2. The first-order valence-electron chi connectivity index (χ1n) is 6.07. The third-order valence-electron chi connectivity index (χ3n) is 3.46. The van der Waals surface area contributed by atoms with E-state index in [1.165, 1.54) is 18.2 Å². The predicted octanol–water partition coefficient (Wildman–Crippen LogP) is 1.68. The molecule has 3 rings (SSSR count). The summed E-state index contributed by atoms with van der Waals surface area (Å²) in [5, 5.41) is 9.17. The molecule has 0 atom stereocenters. The first-order chi connectivity index (χ1) is 9.49. The molecule has 0 radical (unpaired) electrons. The maximum absolute atomic E-state index is 12.5. The number of hydrogen-bond acceptors (Lipinski definition) is 4. The highest BCUT2D eigenvalue weighted by Gasteiger charge is 2.29. The van der Waals surface area contributed by atoms with Crippen molar-refractivity contribution in [2.45, 2.75) is 6.42 Å². The number of carboxylic acids is 1. The Kier molecular flexibility index (Phi) is 2.50. The Morgan fingerprint density at radius 1 is 0.950 bits per heavy atom. The fourth-order valence-electron chi connectivity index (χ4n) is 2.33. The summed E-state index contributed by atoms with van der Waals surface area (Å²) in [4.78, 5) is 23.7. The summed E-state index contributed by atoms with van der Waals surface area (Å²) in [7, 11) is 0. The molecule has 1 aliphatic rings. The van der Waals surface area contributed by atoms with Crippen molar-refractivity contribution in [2.75, 3.05) is 11.5 Å². The SMILES string of the molecule is Nc1ccc(C(=O)O)c(C(=O)c2ccc(N)c3c2C3)c1. The average molecular weight is 268 g/mol. The van der Waals surface area contributed by atoms with Gasteiger partial charge in [-0.05, 0) is 41.5 Å². The molecular formula is C15H12N2O3. The zero-order valence-electron chi connectivity index (χ0n) is 10.5. The third-order valence-corrected chi connectivity index (χ3v) is 3.46. The molecule has 0 saturated carbocycles. The second kappa shape index (κ2) is 4.09. The standard InChI is InChI=1S/C15H12N2O3/c16-7-1-2-9(15(19)20)12(5-7)14(18)8-3-4-13(17)11-6-10(8)11/h1-5H,6,16-17H2,(H,19,20). The fourth-order valence-corrected chi connectivity index (χ4v) is 2.33. The number of carboxylic acid groups (broad SMARTS) is 1. The van der Waals surface area contributed by atoms with Crippen LogP contribution in [0.2, 0.25) is 0 Å². The van der Waals surface area contributed by atoms with Crippen LogP contribution in [0.1, 0.15) is 37.4 Å². The predicted molar refractivity (Wildman–Crippen MR) is 74.9 cm³/mol. The number of nitrogen functional groups attached to an aromatic ring is 2. The van der Waals surface area contributed by atoms with Crippen molar-refractivity contribution < 1.29 is 14.7 Å². The molecule has 20 heavy (non-hydrogen) atoms. The van der Waals surface area contributed by atoms with Gasteiger partial charge in [0.15, 0.2) is 5.78 Å². The van der Waals surface area contributed by atoms with Gasteiger partial charge < -0.3 is 16.6 Å². The number of carbonyl (C=O) groups excluding carboxylic acids is 1. The van der Waals surface area contributed by atoms with E-state index in [9.17, 15) is 9.59 Å². The number of hydrogen-bond donors (Lipinski definition) is 3. The quantitative estimate of drug-likeness (QED) is 0.495. The topological polar surface area (TPSA) is 106 Å². The Hall–Kier alpha value is -2.82. The van der Waals surface area contributed by atoms with Gasteiger partial charge in [0.25, 0.3) is 0 Å². The highest BCUT2D eigenvalue weighted by atomic mass is 16.4. The Balaban J connectivity index is 2.12. The Bertz CT molecular complexity index is 766. The third kappa shape index (κ3) is 1.80. The van der Waals surface area contributed by atoms with Gasteiger partial charge in [-0.15, -0.1) is 0 Å². The number of aromatic carboxylic acids is 1. The van der Waals surface area contributed by atoms with E-state index in [-0.39, 0.29) is 16.9 Å². The van der Waals surface area contributed by atoms with Crippen molar-refractivity contribution in [1.29, 1.82) is 0 Å². The average Bonchev–Trinajstić information content (AvgIpc) is 3.19. The van der Waals surface area contributed by atoms with Gasteiger partial charge in [0.1, 0.15) is 0 Å². The van der Waals surface area contributed by atoms with Crippen LogP contribution < -0.4 is 11.5 Å². The smallest absolute Gasteiger partial charge is 0.336 e. The van der Waals surface area contributed by atoms with Crippen LogP contribution in [0.25, 0.3) is 0 Å². The van der Waals surface area contributed by atoms with Gasteiger partial charge in [0, 0.05) is 28.9 Å². The maximum Gasteiger partial charge on any atom is 0.336 e. The minimum absolute atomic E-state index is 0.0459. The van der Waals surface area contributed by atoms with Gasteiger partial charge in [0.2, 0.25) is 0 Å². The Morgan fingerprint density at radius 3 is 2.35 bits per heavy atom. The summed E-state index contributed by atoms with van der Waals surface area (Å²) in [6.45, 7) is 0. The van der Waals surface area contributed by atoms with E-state index in [1.54, 1.807) is 12.1 Å². The molecule has 0 saturated heterocycles. The van der Waals surface area contributed by atoms with E-state index < -0.39 is 5.97 Å². The lowest BCUT2D eigenvalue weighted by atomic mass is 9.97. The largest absolute Gasteiger partial charge is 0.478 e. The minimum Gasteiger partial charge on any atom is -0.478 e. The van der Waals surface area contributed by atoms with Gasteiger partial charge in [-0.3, -0.25) is 4.79 Å². The number of fused-ring (bicyclic) bond motifs is 1. The lowest BCUT2D eigenvalue weighted by Gasteiger charge is -2.07. The van der Waals surface area contributed by atoms with Crippen LogP contribution in [0.5, 0.6) is 0 Å². The highest BCUT2D eigenvalue weighted by Crippen LogP contribution is 2.37. The van der Waals surface area contributed by atoms with E-state index >= 15 is 0 Å². The molecule has 1 aliphatic carbocycles. The second-order valence-corrected chi connectivity index (χ2v) is 4.78. The van der Waals surface area contributed by atoms with Crippen molar-refractivity contribution >= 4 is 23.1 Å². The summed E-state index contributed by atoms with van der Waals surface area (Å²) in [5.41, 5.74) is 14.9. The highest BCUT2D eigenvalue weighted by molar-refractivity contribution is 6.16. The molecule has 0 aromatic heterocycles. The lowest BCUT2D eigenvalue weighted by molar-refractivity contribution is 0.0693. The Labute approximate surface area is 114 Å². The van der Waals surface area contributed by atoms with Gasteiger partial charge in [-0.25, -0.2) is 4.79 Å². The first kappa shape index (κ1) is 12.2. The normalized spacial score (nSPS) is 11.8. The molecule has 100 valence electrons. The minimum atomic E-state index is -1.15. The summed E-state index contributed by atoms with van der Waals surface area (Å²) < 4.78 is 0. The number of carbonyl (C=O) groups is 2. The van der Waals surface area contributed by atoms with Gasteiger partial charge in [-0.1, -0.05) is 0 Å². The summed E-state index contributed by atoms with van der Waals surface area (Å²) in [5.74, 6) is -1.48. The molecule has 5 heteroatoms. The van der Waals surface area contributed by atoms with Crippen LogP contribution in [0, 0.1) is 0 Å². The van der Waals surface area contributed by atoms with Gasteiger partial charge in [0.05, 0.1) is 5.56 Å². The molecule has 0 unspecified atom stereocenters. The van der Waals surface area contributed by atoms with Crippen LogP contribution in [0.3, 0.4) is 0 Å². The molecule has 2 aromatic carbocycles. The second-order valence-electron chi connectivity index (χ2n) is 4.78. The van der Waals surface area contributed by atoms with Crippen LogP contribution in [0.4, 0.5) is 11.4 Å². The molecule has 2 aromatic rings. The van der Waals surface area contributed by atoms with Crippen molar-refractivity contribution in [3.8, 4) is 0 Å². The van der Waals surface area contributed by atoms with E-state index in [4.69, 9.17) is 16.6 Å². The van der Waals surface area contributed by atoms with Crippen LogP contribution in [0.15, 0.2) is 30.3 Å². The number of rotatable bonds is 3. The van der Waals surface area contributed by atoms with Gasteiger partial charge in [-0.2, -0.15) is 0 Å². The van der Waals surface area contributed by atoms with Crippen molar-refractivity contribution in [1.82, 2.24) is 0 Å². The monoisotopic (exact) mass is 268 g/mol. The zero-order valence-corrected chi connectivity index (χ0v) is 10.5. The van der Waals surface area contributed by atoms with E-state index in [2.05, 4.69) is 0 Å². The number of benzene rings is 2. The van der Waals surface area contributed by atoms with Gasteiger partial charge >= 0.3 is 5.97 Å². The molecule has 5 nitrogen and oxygen atoms in total. The molecule has 0 heterocycles. The summed E-state index contributed by atoms with van der Waals surface area (Å²) >= 11 is 0. The number of ketones is 1. The van der Waals surface area contributed by atoms with Crippen molar-refractivity contribution in [3.05, 3.63) is 58.1 Å². The molecule has 0 spiro atoms. The lowest BCUT2D eigenvalue weighted by Crippen LogP contribution is -2.10. The molecule has 0 bridgehead atoms. The molecule has 0 amide bonds. The van der Waals surface area contributed by atoms with Crippen LogP contribution in [-0.2, 0) is 6.42 Å². The van der Waals surface area contributed by atoms with Crippen molar-refractivity contribution in [3.63, 3.8) is 0 Å². The Morgan fingerprint density at radius 2 is 1.65 bits per heavy atom. The van der Waals surface area contributed by atoms with Crippen LogP contribution in [-0.4, -0.2) is 16.9 Å². The van der Waals surface area contributed by atoms with E-state index in [0.29, 0.717) is 23.4 Å².